The van der Waals surface area contributed by atoms with Crippen molar-refractivity contribution < 1.29 is 9.84 Å². The van der Waals surface area contributed by atoms with Crippen LogP contribution >= 0.6 is 0 Å². The molecule has 4 heteroatoms. The first-order chi connectivity index (χ1) is 8.40. The maximum Gasteiger partial charge on any atom is 0.138 e. The summed E-state index contributed by atoms with van der Waals surface area (Å²) in [6, 6.07) is 0.210. The van der Waals surface area contributed by atoms with Gasteiger partial charge in [-0.1, -0.05) is 0 Å². The molecule has 17 heavy (non-hydrogen) atoms. The number of aliphatic hydroxyl groups excluding tert-OH is 1. The maximum absolute atomic E-state index is 9.49. The number of aliphatic hydroxyl groups is 1. The zero-order chi connectivity index (χ0) is 11.7. The third kappa shape index (κ3) is 2.00. The lowest BCUT2D eigenvalue weighted by Crippen LogP contribution is -2.25. The van der Waals surface area contributed by atoms with E-state index in [-0.39, 0.29) is 18.8 Å². The quantitative estimate of drug-likeness (QED) is 0.854. The second-order valence-electron chi connectivity index (χ2n) is 5.06. The fourth-order valence-electron chi connectivity index (χ4n) is 3.02. The average molecular weight is 236 g/mol. The normalized spacial score (nSPS) is 29.0. The van der Waals surface area contributed by atoms with Gasteiger partial charge in [0.2, 0.25) is 0 Å². The van der Waals surface area contributed by atoms with E-state index >= 15 is 0 Å². The number of hydrogen-bond donors (Lipinski definition) is 1. The molecule has 0 aliphatic carbocycles. The van der Waals surface area contributed by atoms with Crippen molar-refractivity contribution in [3.05, 3.63) is 17.7 Å². The molecule has 0 bridgehead atoms. The molecule has 0 spiro atoms. The summed E-state index contributed by atoms with van der Waals surface area (Å²) < 4.78 is 8.05. The van der Waals surface area contributed by atoms with Gasteiger partial charge in [-0.25, -0.2) is 4.98 Å². The number of nitrogens with zero attached hydrogens (tertiary/aromatic N) is 2. The van der Waals surface area contributed by atoms with Crippen LogP contribution in [0.3, 0.4) is 0 Å². The van der Waals surface area contributed by atoms with Crippen LogP contribution in [0.2, 0.25) is 0 Å². The third-order valence-electron chi connectivity index (χ3n) is 3.92. The lowest BCUT2D eigenvalue weighted by Gasteiger charge is -2.29. The number of imidazole rings is 1. The van der Waals surface area contributed by atoms with Crippen molar-refractivity contribution in [3.63, 3.8) is 0 Å². The van der Waals surface area contributed by atoms with Crippen molar-refractivity contribution in [2.24, 2.45) is 0 Å². The predicted octanol–water partition coefficient (Wildman–Crippen LogP) is 1.99. The molecule has 4 nitrogen and oxygen atoms in total. The molecule has 0 aromatic carbocycles. The lowest BCUT2D eigenvalue weighted by molar-refractivity contribution is 0.00503. The molecular formula is C13H20N2O2. The minimum absolute atomic E-state index is 0.143. The number of ether oxygens (including phenoxy) is 1. The Morgan fingerprint density at radius 2 is 2.29 bits per heavy atom. The van der Waals surface area contributed by atoms with Crippen LogP contribution in [0.15, 0.2) is 6.20 Å². The zero-order valence-corrected chi connectivity index (χ0v) is 10.1. The Hall–Kier alpha value is -0.870. The lowest BCUT2D eigenvalue weighted by atomic mass is 10.0. The van der Waals surface area contributed by atoms with E-state index in [2.05, 4.69) is 9.55 Å². The highest BCUT2D eigenvalue weighted by Crippen LogP contribution is 2.33. The summed E-state index contributed by atoms with van der Waals surface area (Å²) in [7, 11) is 0. The summed E-state index contributed by atoms with van der Waals surface area (Å²) in [5.74, 6) is 1.04. The van der Waals surface area contributed by atoms with Gasteiger partial charge in [-0.3, -0.25) is 0 Å². The largest absolute Gasteiger partial charge is 0.394 e. The fraction of sp³-hybridized carbons (Fsp3) is 0.769. The second kappa shape index (κ2) is 4.78. The Bertz CT molecular complexity index is 383. The number of rotatable bonds is 2. The predicted molar refractivity (Wildman–Crippen MR) is 63.8 cm³/mol. The summed E-state index contributed by atoms with van der Waals surface area (Å²) in [6.45, 7) is 1.06. The van der Waals surface area contributed by atoms with Gasteiger partial charge in [-0.05, 0) is 38.5 Å². The van der Waals surface area contributed by atoms with Crippen molar-refractivity contribution in [2.45, 2.75) is 50.7 Å². The van der Waals surface area contributed by atoms with E-state index in [9.17, 15) is 5.11 Å². The van der Waals surface area contributed by atoms with Crippen LogP contribution in [0.1, 0.15) is 55.8 Å². The van der Waals surface area contributed by atoms with Crippen LogP contribution in [0, 0.1) is 0 Å². The monoisotopic (exact) mass is 236 g/mol. The molecule has 0 amide bonds. The third-order valence-corrected chi connectivity index (χ3v) is 3.92. The number of fused-ring (bicyclic) bond motifs is 1. The first kappa shape index (κ1) is 11.2. The van der Waals surface area contributed by atoms with E-state index in [1.807, 2.05) is 6.20 Å². The molecule has 1 aromatic rings. The van der Waals surface area contributed by atoms with Gasteiger partial charge < -0.3 is 14.4 Å². The van der Waals surface area contributed by atoms with Crippen molar-refractivity contribution in [1.82, 2.24) is 9.55 Å². The van der Waals surface area contributed by atoms with Crippen LogP contribution in [0.4, 0.5) is 0 Å². The molecule has 2 atom stereocenters. The highest BCUT2D eigenvalue weighted by molar-refractivity contribution is 5.12. The van der Waals surface area contributed by atoms with E-state index in [0.29, 0.717) is 0 Å². The summed E-state index contributed by atoms with van der Waals surface area (Å²) in [5.41, 5.74) is 1.26. The molecule has 94 valence electrons. The molecule has 3 heterocycles. The molecule has 1 fully saturated rings. The average Bonchev–Trinajstić information content (AvgIpc) is 2.83. The Morgan fingerprint density at radius 3 is 3.06 bits per heavy atom. The number of hydrogen-bond acceptors (Lipinski definition) is 3. The topological polar surface area (TPSA) is 47.3 Å². The highest BCUT2D eigenvalue weighted by Gasteiger charge is 2.28. The SMILES string of the molecule is OCC1CCCc2cnc(C3CCCCO3)n21. The van der Waals surface area contributed by atoms with E-state index in [0.717, 1.165) is 44.5 Å². The molecular weight excluding hydrogens is 216 g/mol. The summed E-state index contributed by atoms with van der Waals surface area (Å²) >= 11 is 0. The van der Waals surface area contributed by atoms with Gasteiger partial charge in [-0.15, -0.1) is 0 Å². The van der Waals surface area contributed by atoms with E-state index in [1.165, 1.54) is 12.1 Å². The standard InChI is InChI=1S/C13H20N2O2/c16-9-11-5-3-4-10-8-14-13(15(10)11)12-6-1-2-7-17-12/h8,11-12,16H,1-7,9H2. The van der Waals surface area contributed by atoms with Crippen molar-refractivity contribution >= 4 is 0 Å². The van der Waals surface area contributed by atoms with Crippen molar-refractivity contribution in [2.75, 3.05) is 13.2 Å². The maximum atomic E-state index is 9.49. The minimum atomic E-state index is 0.143. The van der Waals surface area contributed by atoms with Crippen LogP contribution in [-0.4, -0.2) is 27.9 Å². The number of aromatic nitrogens is 2. The number of aryl methyl sites for hydroxylation is 1. The first-order valence-corrected chi connectivity index (χ1v) is 6.68. The van der Waals surface area contributed by atoms with Gasteiger partial charge in [0.15, 0.2) is 0 Å². The van der Waals surface area contributed by atoms with Gasteiger partial charge in [0.05, 0.1) is 12.6 Å². The van der Waals surface area contributed by atoms with Crippen molar-refractivity contribution in [3.8, 4) is 0 Å². The molecule has 1 N–H and O–H groups in total. The fourth-order valence-corrected chi connectivity index (χ4v) is 3.02. The molecule has 0 radical (unpaired) electrons. The van der Waals surface area contributed by atoms with Crippen LogP contribution in [0.25, 0.3) is 0 Å². The van der Waals surface area contributed by atoms with E-state index < -0.39 is 0 Å². The molecule has 2 unspecified atom stereocenters. The van der Waals surface area contributed by atoms with Crippen LogP contribution in [0.5, 0.6) is 0 Å². The van der Waals surface area contributed by atoms with Gasteiger partial charge in [0.1, 0.15) is 11.9 Å². The van der Waals surface area contributed by atoms with Crippen LogP contribution < -0.4 is 0 Å². The van der Waals surface area contributed by atoms with E-state index in [4.69, 9.17) is 4.74 Å². The highest BCUT2D eigenvalue weighted by atomic mass is 16.5. The van der Waals surface area contributed by atoms with E-state index in [1.54, 1.807) is 0 Å². The Balaban J connectivity index is 1.91. The molecule has 1 aromatic heterocycles. The Kier molecular flexibility index (Phi) is 3.16. The van der Waals surface area contributed by atoms with Crippen molar-refractivity contribution in [1.29, 1.82) is 0 Å². The van der Waals surface area contributed by atoms with Gasteiger partial charge in [-0.2, -0.15) is 0 Å². The zero-order valence-electron chi connectivity index (χ0n) is 10.1. The van der Waals surface area contributed by atoms with Gasteiger partial charge in [0.25, 0.3) is 0 Å². The van der Waals surface area contributed by atoms with Crippen LogP contribution in [-0.2, 0) is 11.2 Å². The second-order valence-corrected chi connectivity index (χ2v) is 5.06. The summed E-state index contributed by atoms with van der Waals surface area (Å²) in [4.78, 5) is 4.55. The molecule has 1 saturated heterocycles. The molecule has 2 aliphatic rings. The Labute approximate surface area is 102 Å². The van der Waals surface area contributed by atoms with Gasteiger partial charge in [0, 0.05) is 18.5 Å². The first-order valence-electron chi connectivity index (χ1n) is 6.68. The van der Waals surface area contributed by atoms with Gasteiger partial charge >= 0.3 is 0 Å². The smallest absolute Gasteiger partial charge is 0.138 e. The summed E-state index contributed by atoms with van der Waals surface area (Å²) in [6.07, 6.45) is 8.84. The molecule has 3 rings (SSSR count). The summed E-state index contributed by atoms with van der Waals surface area (Å²) in [5, 5.41) is 9.49. The Morgan fingerprint density at radius 1 is 1.35 bits per heavy atom. The minimum Gasteiger partial charge on any atom is -0.394 e. The molecule has 2 aliphatic heterocycles. The molecule has 0 saturated carbocycles.